The number of aromatic nitrogens is 1. The van der Waals surface area contributed by atoms with E-state index >= 15 is 0 Å². The van der Waals surface area contributed by atoms with Gasteiger partial charge in [0, 0.05) is 13.1 Å². The Bertz CT molecular complexity index is 423. The Morgan fingerprint density at radius 1 is 1.42 bits per heavy atom. The molecule has 1 aromatic heterocycles. The second-order valence-corrected chi connectivity index (χ2v) is 5.40. The number of carbonyl (C=O) groups excluding carboxylic acids is 1. The van der Waals surface area contributed by atoms with E-state index in [0.717, 1.165) is 31.8 Å². The molecule has 104 valence electrons. The van der Waals surface area contributed by atoms with Gasteiger partial charge in [0.05, 0.1) is 6.20 Å². The molecule has 0 bridgehead atoms. The number of nitrogens with zero attached hydrogens (tertiary/aromatic N) is 2. The van der Waals surface area contributed by atoms with E-state index in [0.29, 0.717) is 11.7 Å². The average molecular weight is 263 g/mol. The van der Waals surface area contributed by atoms with Crippen molar-refractivity contribution in [2.45, 2.75) is 26.7 Å². The fourth-order valence-electron chi connectivity index (χ4n) is 2.42. The van der Waals surface area contributed by atoms with Crippen LogP contribution in [0, 0.1) is 11.8 Å². The highest BCUT2D eigenvalue weighted by Gasteiger charge is 2.24. The molecule has 0 spiro atoms. The molecule has 0 aliphatic carbocycles. The van der Waals surface area contributed by atoms with Crippen molar-refractivity contribution in [3.8, 4) is 5.75 Å². The van der Waals surface area contributed by atoms with Gasteiger partial charge in [0.15, 0.2) is 0 Å². The van der Waals surface area contributed by atoms with E-state index in [-0.39, 0.29) is 11.8 Å². The van der Waals surface area contributed by atoms with Gasteiger partial charge in [0.2, 0.25) is 0 Å². The summed E-state index contributed by atoms with van der Waals surface area (Å²) in [7, 11) is 0. The monoisotopic (exact) mass is 263 g/mol. The maximum Gasteiger partial charge on any atom is 0.323 e. The van der Waals surface area contributed by atoms with Crippen LogP contribution >= 0.6 is 0 Å². The Morgan fingerprint density at radius 2 is 2.11 bits per heavy atom. The van der Waals surface area contributed by atoms with Crippen LogP contribution in [0.15, 0.2) is 18.3 Å². The Kier molecular flexibility index (Phi) is 4.24. The maximum absolute atomic E-state index is 12.0. The predicted octanol–water partition coefficient (Wildman–Crippen LogP) is 2.69. The fourth-order valence-corrected chi connectivity index (χ4v) is 2.42. The number of hydrogen-bond donors (Lipinski definition) is 2. The minimum atomic E-state index is -0.111. The van der Waals surface area contributed by atoms with Crippen LogP contribution in [-0.2, 0) is 0 Å². The second-order valence-electron chi connectivity index (χ2n) is 5.40. The van der Waals surface area contributed by atoms with E-state index in [1.54, 1.807) is 6.07 Å². The summed E-state index contributed by atoms with van der Waals surface area (Å²) in [5.74, 6) is 1.96. The van der Waals surface area contributed by atoms with Gasteiger partial charge in [-0.15, -0.1) is 0 Å². The van der Waals surface area contributed by atoms with Gasteiger partial charge in [0.1, 0.15) is 11.6 Å². The topological polar surface area (TPSA) is 65.5 Å². The Balaban J connectivity index is 1.86. The summed E-state index contributed by atoms with van der Waals surface area (Å²) in [5, 5.41) is 11.9. The number of pyridine rings is 1. The van der Waals surface area contributed by atoms with Crippen LogP contribution < -0.4 is 5.32 Å². The highest BCUT2D eigenvalue weighted by atomic mass is 16.3. The first-order valence-corrected chi connectivity index (χ1v) is 6.77. The smallest absolute Gasteiger partial charge is 0.323 e. The van der Waals surface area contributed by atoms with Gasteiger partial charge in [-0.1, -0.05) is 13.8 Å². The third-order valence-electron chi connectivity index (χ3n) is 3.75. The number of piperidine rings is 1. The molecule has 0 unspecified atom stereocenters. The fraction of sp³-hybridized carbons (Fsp3) is 0.571. The van der Waals surface area contributed by atoms with Crippen LogP contribution in [0.5, 0.6) is 5.75 Å². The minimum Gasteiger partial charge on any atom is -0.506 e. The molecule has 5 heteroatoms. The second kappa shape index (κ2) is 5.91. The van der Waals surface area contributed by atoms with Crippen molar-refractivity contribution in [3.05, 3.63) is 18.3 Å². The molecule has 0 radical (unpaired) electrons. The van der Waals surface area contributed by atoms with Crippen LogP contribution in [0.3, 0.4) is 0 Å². The number of rotatable bonds is 2. The van der Waals surface area contributed by atoms with Crippen molar-refractivity contribution >= 4 is 11.8 Å². The van der Waals surface area contributed by atoms with Crippen molar-refractivity contribution < 1.29 is 9.90 Å². The number of nitrogens with one attached hydrogen (secondary N) is 1. The molecular formula is C14H21N3O2. The first kappa shape index (κ1) is 13.6. The molecule has 0 atom stereocenters. The van der Waals surface area contributed by atoms with Crippen LogP contribution in [0.4, 0.5) is 10.6 Å². The van der Waals surface area contributed by atoms with Crippen molar-refractivity contribution in [3.63, 3.8) is 0 Å². The zero-order valence-corrected chi connectivity index (χ0v) is 11.5. The van der Waals surface area contributed by atoms with Crippen molar-refractivity contribution in [2.75, 3.05) is 18.4 Å². The SMILES string of the molecule is CC(C)C1CCN(C(=O)Nc2ccc(O)cn2)CC1. The largest absolute Gasteiger partial charge is 0.506 e. The van der Waals surface area contributed by atoms with Crippen LogP contribution in [0.1, 0.15) is 26.7 Å². The van der Waals surface area contributed by atoms with Gasteiger partial charge in [0.25, 0.3) is 0 Å². The highest BCUT2D eigenvalue weighted by molar-refractivity contribution is 5.88. The van der Waals surface area contributed by atoms with Gasteiger partial charge in [-0.3, -0.25) is 5.32 Å². The van der Waals surface area contributed by atoms with Crippen molar-refractivity contribution in [1.82, 2.24) is 9.88 Å². The quantitative estimate of drug-likeness (QED) is 0.862. The van der Waals surface area contributed by atoms with Gasteiger partial charge >= 0.3 is 6.03 Å². The number of urea groups is 1. The van der Waals surface area contributed by atoms with Gasteiger partial charge < -0.3 is 10.0 Å². The Morgan fingerprint density at radius 3 is 2.63 bits per heavy atom. The number of likely N-dealkylation sites (tertiary alicyclic amines) is 1. The van der Waals surface area contributed by atoms with Crippen LogP contribution in [-0.4, -0.2) is 34.1 Å². The first-order valence-electron chi connectivity index (χ1n) is 6.77. The Hall–Kier alpha value is -1.78. The molecular weight excluding hydrogens is 242 g/mol. The lowest BCUT2D eigenvalue weighted by molar-refractivity contribution is 0.167. The van der Waals surface area contributed by atoms with Crippen molar-refractivity contribution in [2.24, 2.45) is 11.8 Å². The maximum atomic E-state index is 12.0. The lowest BCUT2D eigenvalue weighted by Gasteiger charge is -2.33. The minimum absolute atomic E-state index is 0.0933. The van der Waals surface area contributed by atoms with E-state index in [9.17, 15) is 4.79 Å². The molecule has 2 N–H and O–H groups in total. The normalized spacial score (nSPS) is 16.7. The zero-order chi connectivity index (χ0) is 13.8. The molecule has 1 saturated heterocycles. The molecule has 2 rings (SSSR count). The van der Waals surface area contributed by atoms with Gasteiger partial charge in [-0.05, 0) is 36.8 Å². The summed E-state index contributed by atoms with van der Waals surface area (Å²) in [6.45, 7) is 6.07. The standard InChI is InChI=1S/C14H21N3O2/c1-10(2)11-5-7-17(8-6-11)14(19)16-13-4-3-12(18)9-15-13/h3-4,9-11,18H,5-8H2,1-2H3,(H,15,16,19). The number of aromatic hydroxyl groups is 1. The van der Waals surface area contributed by atoms with Crippen LogP contribution in [0.2, 0.25) is 0 Å². The van der Waals surface area contributed by atoms with E-state index in [1.807, 2.05) is 4.90 Å². The molecule has 0 saturated carbocycles. The van der Waals surface area contributed by atoms with Gasteiger partial charge in [-0.25, -0.2) is 9.78 Å². The van der Waals surface area contributed by atoms with Crippen LogP contribution in [0.25, 0.3) is 0 Å². The Labute approximate surface area is 113 Å². The molecule has 1 aliphatic heterocycles. The van der Waals surface area contributed by atoms with Gasteiger partial charge in [-0.2, -0.15) is 0 Å². The molecule has 2 amide bonds. The lowest BCUT2D eigenvalue weighted by atomic mass is 9.87. The third kappa shape index (κ3) is 3.59. The number of hydrogen-bond acceptors (Lipinski definition) is 3. The molecule has 19 heavy (non-hydrogen) atoms. The number of amides is 2. The summed E-state index contributed by atoms with van der Waals surface area (Å²) in [6.07, 6.45) is 3.45. The average Bonchev–Trinajstić information content (AvgIpc) is 2.41. The van der Waals surface area contributed by atoms with E-state index in [1.165, 1.54) is 12.3 Å². The summed E-state index contributed by atoms with van der Waals surface area (Å²) in [5.41, 5.74) is 0. The molecule has 1 fully saturated rings. The predicted molar refractivity (Wildman–Crippen MR) is 74.1 cm³/mol. The van der Waals surface area contributed by atoms with E-state index in [4.69, 9.17) is 5.11 Å². The summed E-state index contributed by atoms with van der Waals surface area (Å²) >= 11 is 0. The summed E-state index contributed by atoms with van der Waals surface area (Å²) < 4.78 is 0. The van der Waals surface area contributed by atoms with E-state index < -0.39 is 0 Å². The molecule has 1 aromatic rings. The first-order chi connectivity index (χ1) is 9.06. The highest BCUT2D eigenvalue weighted by Crippen LogP contribution is 2.24. The molecule has 5 nitrogen and oxygen atoms in total. The number of carbonyl (C=O) groups is 1. The third-order valence-corrected chi connectivity index (χ3v) is 3.75. The lowest BCUT2D eigenvalue weighted by Crippen LogP contribution is -2.42. The summed E-state index contributed by atoms with van der Waals surface area (Å²) in [4.78, 5) is 17.8. The molecule has 2 heterocycles. The zero-order valence-electron chi connectivity index (χ0n) is 11.5. The number of anilines is 1. The summed E-state index contributed by atoms with van der Waals surface area (Å²) in [6, 6.07) is 2.99. The molecule has 1 aliphatic rings. The molecule has 0 aromatic carbocycles. The van der Waals surface area contributed by atoms with E-state index in [2.05, 4.69) is 24.1 Å². The van der Waals surface area contributed by atoms with Crippen molar-refractivity contribution in [1.29, 1.82) is 0 Å².